The molecule has 2 N–H and O–H groups in total. The average molecular weight is 385 g/mol. The van der Waals surface area contributed by atoms with Crippen LogP contribution >= 0.6 is 0 Å². The normalized spacial score (nSPS) is 15.2. The van der Waals surface area contributed by atoms with Gasteiger partial charge in [-0.3, -0.25) is 4.79 Å². The van der Waals surface area contributed by atoms with Gasteiger partial charge in [0.05, 0.1) is 5.56 Å². The molecule has 1 saturated heterocycles. The highest BCUT2D eigenvalue weighted by Crippen LogP contribution is 2.18. The highest BCUT2D eigenvalue weighted by Gasteiger charge is 2.19. The van der Waals surface area contributed by atoms with Crippen molar-refractivity contribution < 1.29 is 4.79 Å². The highest BCUT2D eigenvalue weighted by atomic mass is 16.1. The van der Waals surface area contributed by atoms with E-state index in [0.29, 0.717) is 24.1 Å². The first-order valence-corrected chi connectivity index (χ1v) is 10.3. The Morgan fingerprint density at radius 3 is 2.68 bits per heavy atom. The number of aryl methyl sites for hydroxylation is 1. The van der Waals surface area contributed by atoms with Crippen molar-refractivity contribution in [1.82, 2.24) is 25.2 Å². The van der Waals surface area contributed by atoms with E-state index in [-0.39, 0.29) is 5.91 Å². The second-order valence-electron chi connectivity index (χ2n) is 7.70. The van der Waals surface area contributed by atoms with Crippen LogP contribution in [-0.2, 0) is 6.54 Å². The molecular weight excluding hydrogens is 352 g/mol. The van der Waals surface area contributed by atoms with Crippen molar-refractivity contribution >= 4 is 11.7 Å². The molecule has 1 aliphatic heterocycles. The number of anilines is 1. The molecule has 0 aliphatic carbocycles. The molecule has 0 atom stereocenters. The monoisotopic (exact) mass is 384 g/mol. The number of rotatable bonds is 8. The standard InChI is InChI=1S/C21H32N6O/c1-16(2)20-23-10-14-27(20)11-4-9-24-21(28)17-5-6-19(25-15-17)26-12-7-18(22-3)8-13-26/h5-6,10,14-16,18,22H,4,7-9,11-13H2,1-3H3,(H,24,28). The molecular formula is C21H32N6O. The van der Waals surface area contributed by atoms with Gasteiger partial charge in [0.15, 0.2) is 0 Å². The van der Waals surface area contributed by atoms with E-state index in [1.807, 2.05) is 31.6 Å². The molecule has 7 nitrogen and oxygen atoms in total. The third-order valence-electron chi connectivity index (χ3n) is 5.36. The van der Waals surface area contributed by atoms with E-state index < -0.39 is 0 Å². The average Bonchev–Trinajstić information content (AvgIpc) is 3.20. The van der Waals surface area contributed by atoms with Gasteiger partial charge in [0.1, 0.15) is 11.6 Å². The summed E-state index contributed by atoms with van der Waals surface area (Å²) in [6, 6.07) is 4.42. The van der Waals surface area contributed by atoms with E-state index in [2.05, 4.69) is 43.9 Å². The van der Waals surface area contributed by atoms with Crippen LogP contribution in [0.1, 0.15) is 55.2 Å². The maximum absolute atomic E-state index is 12.4. The van der Waals surface area contributed by atoms with Crippen LogP contribution in [-0.4, -0.2) is 53.2 Å². The van der Waals surface area contributed by atoms with Gasteiger partial charge in [-0.1, -0.05) is 13.8 Å². The molecule has 3 rings (SSSR count). The number of carbonyl (C=O) groups is 1. The van der Waals surface area contributed by atoms with Gasteiger partial charge >= 0.3 is 0 Å². The number of hydrogen-bond donors (Lipinski definition) is 2. The Morgan fingerprint density at radius 1 is 1.25 bits per heavy atom. The number of imidazole rings is 1. The Bertz CT molecular complexity index is 747. The molecule has 1 fully saturated rings. The first-order chi connectivity index (χ1) is 13.6. The lowest BCUT2D eigenvalue weighted by molar-refractivity contribution is 0.0952. The summed E-state index contributed by atoms with van der Waals surface area (Å²) in [6.07, 6.45) is 8.63. The van der Waals surface area contributed by atoms with Crippen molar-refractivity contribution in [2.75, 3.05) is 31.6 Å². The van der Waals surface area contributed by atoms with Gasteiger partial charge in [-0.15, -0.1) is 0 Å². The molecule has 1 amide bonds. The van der Waals surface area contributed by atoms with Crippen LogP contribution in [0.4, 0.5) is 5.82 Å². The van der Waals surface area contributed by atoms with Crippen LogP contribution in [0.3, 0.4) is 0 Å². The first-order valence-electron chi connectivity index (χ1n) is 10.3. The molecule has 152 valence electrons. The maximum Gasteiger partial charge on any atom is 0.252 e. The van der Waals surface area contributed by atoms with E-state index in [4.69, 9.17) is 0 Å². The number of pyridine rings is 1. The highest BCUT2D eigenvalue weighted by molar-refractivity contribution is 5.94. The minimum absolute atomic E-state index is 0.0670. The summed E-state index contributed by atoms with van der Waals surface area (Å²) >= 11 is 0. The van der Waals surface area contributed by atoms with Crippen LogP contribution in [0.2, 0.25) is 0 Å². The molecule has 3 heterocycles. The number of aromatic nitrogens is 3. The SMILES string of the molecule is CNC1CCN(c2ccc(C(=O)NCCCn3ccnc3C(C)C)cn2)CC1. The first kappa shape index (κ1) is 20.3. The Morgan fingerprint density at radius 2 is 2.04 bits per heavy atom. The summed E-state index contributed by atoms with van der Waals surface area (Å²) in [5, 5.41) is 6.32. The van der Waals surface area contributed by atoms with Gasteiger partial charge in [-0.2, -0.15) is 0 Å². The number of amides is 1. The molecule has 7 heteroatoms. The summed E-state index contributed by atoms with van der Waals surface area (Å²) in [5.41, 5.74) is 0.611. The van der Waals surface area contributed by atoms with Gasteiger partial charge in [0.25, 0.3) is 5.91 Å². The summed E-state index contributed by atoms with van der Waals surface area (Å²) in [6.45, 7) is 7.76. The molecule has 0 aromatic carbocycles. The van der Waals surface area contributed by atoms with Crippen LogP contribution in [0.25, 0.3) is 0 Å². The van der Waals surface area contributed by atoms with E-state index in [0.717, 1.165) is 50.5 Å². The summed E-state index contributed by atoms with van der Waals surface area (Å²) in [7, 11) is 2.02. The van der Waals surface area contributed by atoms with Gasteiger partial charge in [-0.05, 0) is 38.4 Å². The van der Waals surface area contributed by atoms with Crippen molar-refractivity contribution in [2.24, 2.45) is 0 Å². The topological polar surface area (TPSA) is 75.1 Å². The quantitative estimate of drug-likeness (QED) is 0.684. The predicted molar refractivity (Wildman–Crippen MR) is 112 cm³/mol. The minimum atomic E-state index is -0.0670. The molecule has 0 saturated carbocycles. The van der Waals surface area contributed by atoms with Gasteiger partial charge in [0.2, 0.25) is 0 Å². The Balaban J connectivity index is 1.44. The largest absolute Gasteiger partial charge is 0.357 e. The number of hydrogen-bond acceptors (Lipinski definition) is 5. The van der Waals surface area contributed by atoms with E-state index in [1.165, 1.54) is 0 Å². The molecule has 0 bridgehead atoms. The second-order valence-corrected chi connectivity index (χ2v) is 7.70. The molecule has 1 aliphatic rings. The lowest BCUT2D eigenvalue weighted by Crippen LogP contribution is -2.41. The van der Waals surface area contributed by atoms with Crippen molar-refractivity contribution in [1.29, 1.82) is 0 Å². The fourth-order valence-corrected chi connectivity index (χ4v) is 3.67. The summed E-state index contributed by atoms with van der Waals surface area (Å²) < 4.78 is 2.16. The molecule has 2 aromatic heterocycles. The van der Waals surface area contributed by atoms with Crippen molar-refractivity contribution in [3.05, 3.63) is 42.1 Å². The number of piperidine rings is 1. The van der Waals surface area contributed by atoms with Crippen LogP contribution < -0.4 is 15.5 Å². The van der Waals surface area contributed by atoms with E-state index in [1.54, 1.807) is 6.20 Å². The smallest absolute Gasteiger partial charge is 0.252 e. The zero-order chi connectivity index (χ0) is 19.9. The van der Waals surface area contributed by atoms with Crippen molar-refractivity contribution in [2.45, 2.75) is 51.6 Å². The van der Waals surface area contributed by atoms with Gasteiger partial charge < -0.3 is 20.1 Å². The van der Waals surface area contributed by atoms with Crippen molar-refractivity contribution in [3.8, 4) is 0 Å². The fraction of sp³-hybridized carbons (Fsp3) is 0.571. The zero-order valence-electron chi connectivity index (χ0n) is 17.2. The van der Waals surface area contributed by atoms with Crippen LogP contribution in [0, 0.1) is 0 Å². The third-order valence-corrected chi connectivity index (χ3v) is 5.36. The Kier molecular flexibility index (Phi) is 7.03. The molecule has 0 spiro atoms. The molecule has 0 unspecified atom stereocenters. The zero-order valence-corrected chi connectivity index (χ0v) is 17.2. The van der Waals surface area contributed by atoms with Crippen molar-refractivity contribution in [3.63, 3.8) is 0 Å². The lowest BCUT2D eigenvalue weighted by Gasteiger charge is -2.32. The fourth-order valence-electron chi connectivity index (χ4n) is 3.67. The summed E-state index contributed by atoms with van der Waals surface area (Å²) in [5.74, 6) is 2.37. The van der Waals surface area contributed by atoms with Crippen LogP contribution in [0.15, 0.2) is 30.7 Å². The third kappa shape index (κ3) is 5.10. The Labute approximate surface area is 167 Å². The predicted octanol–water partition coefficient (Wildman–Crippen LogP) is 2.41. The molecule has 0 radical (unpaired) electrons. The molecule has 2 aromatic rings. The number of carbonyl (C=O) groups excluding carboxylic acids is 1. The van der Waals surface area contributed by atoms with Gasteiger partial charge in [-0.25, -0.2) is 9.97 Å². The Hall–Kier alpha value is -2.41. The lowest BCUT2D eigenvalue weighted by atomic mass is 10.1. The number of nitrogens with zero attached hydrogens (tertiary/aromatic N) is 4. The summed E-state index contributed by atoms with van der Waals surface area (Å²) in [4.78, 5) is 23.5. The van der Waals surface area contributed by atoms with Crippen LogP contribution in [0.5, 0.6) is 0 Å². The van der Waals surface area contributed by atoms with E-state index >= 15 is 0 Å². The van der Waals surface area contributed by atoms with Gasteiger partial charge in [0, 0.05) is 56.7 Å². The minimum Gasteiger partial charge on any atom is -0.357 e. The number of nitrogens with one attached hydrogen (secondary N) is 2. The second kappa shape index (κ2) is 9.68. The maximum atomic E-state index is 12.4. The van der Waals surface area contributed by atoms with E-state index in [9.17, 15) is 4.79 Å². The molecule has 28 heavy (non-hydrogen) atoms.